The van der Waals surface area contributed by atoms with Crippen LogP contribution in [0.2, 0.25) is 0 Å². The summed E-state index contributed by atoms with van der Waals surface area (Å²) in [5.74, 6) is -0.537. The topological polar surface area (TPSA) is 42.0 Å². The summed E-state index contributed by atoms with van der Waals surface area (Å²) in [7, 11) is 0. The van der Waals surface area contributed by atoms with Crippen LogP contribution in [-0.2, 0) is 12.6 Å². The molecule has 0 unspecified atom stereocenters. The van der Waals surface area contributed by atoms with Gasteiger partial charge >= 0.3 is 6.18 Å². The predicted octanol–water partition coefficient (Wildman–Crippen LogP) is 3.90. The second kappa shape index (κ2) is 6.57. The number of nitrogens with one attached hydrogen (secondary N) is 1. The van der Waals surface area contributed by atoms with Gasteiger partial charge in [-0.15, -0.1) is 11.3 Å². The summed E-state index contributed by atoms with van der Waals surface area (Å²) in [6.45, 7) is 0.323. The second-order valence-electron chi connectivity index (χ2n) is 4.12. The van der Waals surface area contributed by atoms with Crippen LogP contribution in [-0.4, -0.2) is 17.4 Å². The van der Waals surface area contributed by atoms with E-state index in [9.17, 15) is 18.0 Å². The first-order chi connectivity index (χ1) is 9.88. The van der Waals surface area contributed by atoms with Gasteiger partial charge in [-0.2, -0.15) is 13.2 Å². The first-order valence-electron chi connectivity index (χ1n) is 5.91. The van der Waals surface area contributed by atoms with Crippen LogP contribution in [0.5, 0.6) is 0 Å². The minimum absolute atomic E-state index is 0.0235. The van der Waals surface area contributed by atoms with Gasteiger partial charge in [0.15, 0.2) is 0 Å². The molecule has 1 aromatic heterocycles. The molecule has 0 aliphatic rings. The molecule has 0 atom stereocenters. The van der Waals surface area contributed by atoms with Gasteiger partial charge in [0.05, 0.1) is 10.6 Å². The number of nitrogens with zero attached hydrogens (tertiary/aromatic N) is 1. The SMILES string of the molecule is O=C(NCCc1nccs1)c1ccc(Br)c(C(F)(F)F)c1. The van der Waals surface area contributed by atoms with Crippen molar-refractivity contribution in [2.24, 2.45) is 0 Å². The lowest BCUT2D eigenvalue weighted by Crippen LogP contribution is -2.26. The molecule has 1 N–H and O–H groups in total. The van der Waals surface area contributed by atoms with E-state index in [1.807, 2.05) is 5.38 Å². The van der Waals surface area contributed by atoms with Crippen molar-refractivity contribution in [1.82, 2.24) is 10.3 Å². The lowest BCUT2D eigenvalue weighted by molar-refractivity contribution is -0.138. The minimum Gasteiger partial charge on any atom is -0.352 e. The monoisotopic (exact) mass is 378 g/mol. The molecule has 0 saturated carbocycles. The number of carbonyl (C=O) groups is 1. The number of carbonyl (C=O) groups excluding carboxylic acids is 1. The molecule has 0 saturated heterocycles. The maximum Gasteiger partial charge on any atom is 0.417 e. The van der Waals surface area contributed by atoms with Gasteiger partial charge in [-0.05, 0) is 18.2 Å². The Labute approximate surface area is 131 Å². The minimum atomic E-state index is -4.50. The third-order valence-corrected chi connectivity index (χ3v) is 4.17. The molecule has 3 nitrogen and oxygen atoms in total. The van der Waals surface area contributed by atoms with E-state index < -0.39 is 17.6 Å². The highest BCUT2D eigenvalue weighted by molar-refractivity contribution is 9.10. The van der Waals surface area contributed by atoms with Gasteiger partial charge in [0, 0.05) is 34.6 Å². The van der Waals surface area contributed by atoms with Crippen LogP contribution in [0.15, 0.2) is 34.2 Å². The third kappa shape index (κ3) is 4.28. The predicted molar refractivity (Wildman–Crippen MR) is 77.3 cm³/mol. The Morgan fingerprint density at radius 2 is 2.14 bits per heavy atom. The number of hydrogen-bond donors (Lipinski definition) is 1. The Morgan fingerprint density at radius 3 is 2.76 bits per heavy atom. The van der Waals surface area contributed by atoms with Crippen LogP contribution in [0, 0.1) is 0 Å². The fourth-order valence-electron chi connectivity index (χ4n) is 1.65. The van der Waals surface area contributed by atoms with E-state index in [4.69, 9.17) is 0 Å². The summed E-state index contributed by atoms with van der Waals surface area (Å²) in [6, 6.07) is 3.40. The number of benzene rings is 1. The van der Waals surface area contributed by atoms with Crippen LogP contribution >= 0.6 is 27.3 Å². The Kier molecular flexibility index (Phi) is 5.00. The van der Waals surface area contributed by atoms with Gasteiger partial charge in [0.25, 0.3) is 5.91 Å². The average Bonchev–Trinajstić information content (AvgIpc) is 2.91. The van der Waals surface area contributed by atoms with Crippen LogP contribution in [0.3, 0.4) is 0 Å². The Balaban J connectivity index is 2.02. The van der Waals surface area contributed by atoms with Crippen molar-refractivity contribution in [3.05, 3.63) is 50.4 Å². The summed E-state index contributed by atoms with van der Waals surface area (Å²) in [5, 5.41) is 5.26. The van der Waals surface area contributed by atoms with E-state index in [0.29, 0.717) is 13.0 Å². The lowest BCUT2D eigenvalue weighted by atomic mass is 10.1. The third-order valence-electron chi connectivity index (χ3n) is 2.64. The van der Waals surface area contributed by atoms with Gasteiger partial charge in [-0.3, -0.25) is 4.79 Å². The maximum absolute atomic E-state index is 12.8. The van der Waals surface area contributed by atoms with E-state index in [-0.39, 0.29) is 10.0 Å². The van der Waals surface area contributed by atoms with E-state index in [0.717, 1.165) is 11.1 Å². The summed E-state index contributed by atoms with van der Waals surface area (Å²) >= 11 is 4.30. The van der Waals surface area contributed by atoms with Crippen molar-refractivity contribution in [2.75, 3.05) is 6.54 Å². The van der Waals surface area contributed by atoms with Crippen molar-refractivity contribution < 1.29 is 18.0 Å². The summed E-state index contributed by atoms with van der Waals surface area (Å²) < 4.78 is 38.2. The number of halogens is 4. The highest BCUT2D eigenvalue weighted by Gasteiger charge is 2.33. The summed E-state index contributed by atoms with van der Waals surface area (Å²) in [6.07, 6.45) is -2.30. The van der Waals surface area contributed by atoms with Crippen molar-refractivity contribution >= 4 is 33.2 Å². The zero-order valence-electron chi connectivity index (χ0n) is 10.6. The largest absolute Gasteiger partial charge is 0.417 e. The second-order valence-corrected chi connectivity index (χ2v) is 5.96. The fraction of sp³-hybridized carbons (Fsp3) is 0.231. The smallest absolute Gasteiger partial charge is 0.352 e. The molecule has 1 amide bonds. The first-order valence-corrected chi connectivity index (χ1v) is 7.58. The number of aromatic nitrogens is 1. The molecule has 2 aromatic rings. The Hall–Kier alpha value is -1.41. The Morgan fingerprint density at radius 1 is 1.38 bits per heavy atom. The van der Waals surface area contributed by atoms with Crippen LogP contribution < -0.4 is 5.32 Å². The molecule has 112 valence electrons. The number of rotatable bonds is 4. The zero-order valence-corrected chi connectivity index (χ0v) is 13.0. The van der Waals surface area contributed by atoms with E-state index in [2.05, 4.69) is 26.2 Å². The van der Waals surface area contributed by atoms with Crippen molar-refractivity contribution in [3.8, 4) is 0 Å². The van der Waals surface area contributed by atoms with Crippen LogP contribution in [0.25, 0.3) is 0 Å². The highest BCUT2D eigenvalue weighted by Crippen LogP contribution is 2.35. The number of hydrogen-bond acceptors (Lipinski definition) is 3. The standard InChI is InChI=1S/C13H10BrF3N2OS/c14-10-2-1-8(7-9(10)13(15,16)17)12(20)19-4-3-11-18-5-6-21-11/h1-2,5-7H,3-4H2,(H,19,20). The summed E-state index contributed by atoms with van der Waals surface area (Å²) in [4.78, 5) is 15.9. The molecular formula is C13H10BrF3N2OS. The van der Waals surface area contributed by atoms with E-state index in [1.165, 1.54) is 23.5 Å². The molecule has 0 aliphatic heterocycles. The molecule has 1 heterocycles. The molecule has 0 aliphatic carbocycles. The molecule has 0 spiro atoms. The van der Waals surface area contributed by atoms with E-state index >= 15 is 0 Å². The van der Waals surface area contributed by atoms with Gasteiger partial charge in [0.1, 0.15) is 0 Å². The molecule has 1 aromatic carbocycles. The van der Waals surface area contributed by atoms with Gasteiger partial charge in [-0.25, -0.2) is 4.98 Å². The quantitative estimate of drug-likeness (QED) is 0.876. The normalized spacial score (nSPS) is 11.4. The molecule has 0 fully saturated rings. The van der Waals surface area contributed by atoms with Crippen molar-refractivity contribution in [3.63, 3.8) is 0 Å². The molecule has 2 rings (SSSR count). The number of alkyl halides is 3. The Bertz CT molecular complexity index is 629. The van der Waals surface area contributed by atoms with Gasteiger partial charge < -0.3 is 5.32 Å². The van der Waals surface area contributed by atoms with Gasteiger partial charge in [-0.1, -0.05) is 15.9 Å². The molecule has 8 heteroatoms. The zero-order chi connectivity index (χ0) is 15.5. The van der Waals surface area contributed by atoms with Crippen molar-refractivity contribution in [1.29, 1.82) is 0 Å². The van der Waals surface area contributed by atoms with Crippen LogP contribution in [0.4, 0.5) is 13.2 Å². The molecule has 0 bridgehead atoms. The number of thiazole rings is 1. The first kappa shape index (κ1) is 16.0. The molecule has 0 radical (unpaired) electrons. The average molecular weight is 379 g/mol. The van der Waals surface area contributed by atoms with Crippen LogP contribution in [0.1, 0.15) is 20.9 Å². The highest BCUT2D eigenvalue weighted by atomic mass is 79.9. The summed E-state index contributed by atoms with van der Waals surface area (Å²) in [5.41, 5.74) is -0.889. The van der Waals surface area contributed by atoms with E-state index in [1.54, 1.807) is 6.20 Å². The fourth-order valence-corrected chi connectivity index (χ4v) is 2.74. The molecule has 21 heavy (non-hydrogen) atoms. The maximum atomic E-state index is 12.8. The number of amides is 1. The lowest BCUT2D eigenvalue weighted by Gasteiger charge is -2.11. The van der Waals surface area contributed by atoms with Crippen molar-refractivity contribution in [2.45, 2.75) is 12.6 Å². The van der Waals surface area contributed by atoms with Gasteiger partial charge in [0.2, 0.25) is 0 Å². The molecular weight excluding hydrogens is 369 g/mol.